The molecule has 0 amide bonds. The van der Waals surface area contributed by atoms with E-state index >= 15 is 0 Å². The van der Waals surface area contributed by atoms with Crippen LogP contribution in [0.25, 0.3) is 11.1 Å². The van der Waals surface area contributed by atoms with Crippen LogP contribution in [0.2, 0.25) is 0 Å². The molecule has 0 radical (unpaired) electrons. The quantitative estimate of drug-likeness (QED) is 0.622. The number of anilines is 2. The minimum atomic E-state index is 0.504. The summed E-state index contributed by atoms with van der Waals surface area (Å²) in [5, 5.41) is 0. The molecule has 0 saturated heterocycles. The Labute approximate surface area is 144 Å². The van der Waals surface area contributed by atoms with Gasteiger partial charge in [-0.25, -0.2) is 4.98 Å². The normalized spacial score (nSPS) is 13.2. The molecule has 0 aliphatic carbocycles. The van der Waals surface area contributed by atoms with Gasteiger partial charge in [0.05, 0.1) is 11.6 Å². The Balaban J connectivity index is 1.70. The Morgan fingerprint density at radius 3 is 2.70 bits per heavy atom. The number of aromatic nitrogens is 2. The third-order valence-electron chi connectivity index (χ3n) is 3.85. The van der Waals surface area contributed by atoms with Gasteiger partial charge in [0.1, 0.15) is 5.82 Å². The van der Waals surface area contributed by atoms with Gasteiger partial charge in [-0.1, -0.05) is 6.07 Å². The number of alkyl halides is 1. The standard InChI is InChI=1S/C18H14ClN3S/c19-11-13-3-8-21-18(9-13)22-12-23-17-10-15(1-2-16(17)22)14-4-6-20-7-5-14/h1-10H,11-12H2. The van der Waals surface area contributed by atoms with Crippen molar-refractivity contribution in [3.8, 4) is 11.1 Å². The van der Waals surface area contributed by atoms with Crippen molar-refractivity contribution in [2.45, 2.75) is 10.8 Å². The van der Waals surface area contributed by atoms with E-state index in [4.69, 9.17) is 11.6 Å². The van der Waals surface area contributed by atoms with E-state index in [0.29, 0.717) is 5.88 Å². The van der Waals surface area contributed by atoms with E-state index in [2.05, 4.69) is 39.1 Å². The van der Waals surface area contributed by atoms with Crippen molar-refractivity contribution in [1.29, 1.82) is 0 Å². The molecule has 5 heteroatoms. The third kappa shape index (κ3) is 2.80. The van der Waals surface area contributed by atoms with Gasteiger partial charge < -0.3 is 4.90 Å². The summed E-state index contributed by atoms with van der Waals surface area (Å²) in [6.07, 6.45) is 5.47. The lowest BCUT2D eigenvalue weighted by atomic mass is 10.1. The van der Waals surface area contributed by atoms with E-state index in [0.717, 1.165) is 17.3 Å². The molecule has 0 bridgehead atoms. The minimum absolute atomic E-state index is 0.504. The van der Waals surface area contributed by atoms with Crippen molar-refractivity contribution in [3.05, 3.63) is 66.6 Å². The number of thioether (sulfide) groups is 1. The lowest BCUT2D eigenvalue weighted by Gasteiger charge is -2.18. The SMILES string of the molecule is ClCc1ccnc(N2CSc3cc(-c4ccncc4)ccc32)c1. The number of rotatable bonds is 3. The predicted octanol–water partition coefficient (Wildman–Crippen LogP) is 5.08. The van der Waals surface area contributed by atoms with Crippen LogP contribution in [0, 0.1) is 0 Å². The number of fused-ring (bicyclic) bond motifs is 1. The van der Waals surface area contributed by atoms with Crippen molar-refractivity contribution in [3.63, 3.8) is 0 Å². The molecule has 23 heavy (non-hydrogen) atoms. The second-order valence-corrected chi connectivity index (χ2v) is 6.53. The zero-order valence-corrected chi connectivity index (χ0v) is 13.9. The van der Waals surface area contributed by atoms with Crippen molar-refractivity contribution in [2.24, 2.45) is 0 Å². The van der Waals surface area contributed by atoms with Gasteiger partial charge in [-0.3, -0.25) is 4.98 Å². The second-order valence-electron chi connectivity index (χ2n) is 5.28. The molecule has 1 aromatic carbocycles. The van der Waals surface area contributed by atoms with Crippen molar-refractivity contribution in [1.82, 2.24) is 9.97 Å². The molecule has 0 saturated carbocycles. The molecule has 114 valence electrons. The smallest absolute Gasteiger partial charge is 0.134 e. The first-order valence-corrected chi connectivity index (χ1v) is 8.83. The van der Waals surface area contributed by atoms with Crippen LogP contribution in [0.15, 0.2) is 66.0 Å². The van der Waals surface area contributed by atoms with Crippen LogP contribution in [0.1, 0.15) is 5.56 Å². The van der Waals surface area contributed by atoms with Crippen LogP contribution in [-0.4, -0.2) is 15.8 Å². The van der Waals surface area contributed by atoms with E-state index in [-0.39, 0.29) is 0 Å². The Bertz CT molecular complexity index is 839. The highest BCUT2D eigenvalue weighted by Crippen LogP contribution is 2.43. The second kappa shape index (κ2) is 6.22. The minimum Gasteiger partial charge on any atom is -0.315 e. The average molecular weight is 340 g/mol. The fourth-order valence-electron chi connectivity index (χ4n) is 2.66. The van der Waals surface area contributed by atoms with Gasteiger partial charge in [0, 0.05) is 29.4 Å². The number of nitrogens with zero attached hydrogens (tertiary/aromatic N) is 3. The molecule has 0 N–H and O–H groups in total. The molecule has 2 aromatic heterocycles. The zero-order chi connectivity index (χ0) is 15.6. The summed E-state index contributed by atoms with van der Waals surface area (Å²) in [5.74, 6) is 2.32. The molecule has 3 heterocycles. The maximum absolute atomic E-state index is 5.94. The summed E-state index contributed by atoms with van der Waals surface area (Å²) in [6, 6.07) is 14.6. The van der Waals surface area contributed by atoms with Gasteiger partial charge >= 0.3 is 0 Å². The van der Waals surface area contributed by atoms with Crippen molar-refractivity contribution < 1.29 is 0 Å². The van der Waals surface area contributed by atoms with Gasteiger partial charge in [0.15, 0.2) is 0 Å². The van der Waals surface area contributed by atoms with E-state index in [9.17, 15) is 0 Å². The van der Waals surface area contributed by atoms with E-state index in [1.165, 1.54) is 21.7 Å². The highest BCUT2D eigenvalue weighted by molar-refractivity contribution is 7.99. The van der Waals surface area contributed by atoms with Gasteiger partial charge in [0.2, 0.25) is 0 Å². The topological polar surface area (TPSA) is 29.0 Å². The number of hydrogen-bond donors (Lipinski definition) is 0. The maximum atomic E-state index is 5.94. The summed E-state index contributed by atoms with van der Waals surface area (Å²) in [7, 11) is 0. The number of benzene rings is 1. The fraction of sp³-hybridized carbons (Fsp3) is 0.111. The highest BCUT2D eigenvalue weighted by Gasteiger charge is 2.22. The highest BCUT2D eigenvalue weighted by atomic mass is 35.5. The summed E-state index contributed by atoms with van der Waals surface area (Å²) in [4.78, 5) is 12.1. The molecule has 1 aliphatic rings. The fourth-order valence-corrected chi connectivity index (χ4v) is 3.90. The molecule has 1 aliphatic heterocycles. The average Bonchev–Trinajstić information content (AvgIpc) is 3.05. The summed E-state index contributed by atoms with van der Waals surface area (Å²) < 4.78 is 0. The number of pyridine rings is 2. The van der Waals surface area contributed by atoms with Gasteiger partial charge in [-0.15, -0.1) is 23.4 Å². The third-order valence-corrected chi connectivity index (χ3v) is 5.19. The molecule has 0 fully saturated rings. The molecule has 3 aromatic rings. The number of hydrogen-bond acceptors (Lipinski definition) is 4. The van der Waals surface area contributed by atoms with Gasteiger partial charge in [-0.05, 0) is 53.1 Å². The summed E-state index contributed by atoms with van der Waals surface area (Å²) in [6.45, 7) is 0. The van der Waals surface area contributed by atoms with E-state index < -0.39 is 0 Å². The molecular formula is C18H14ClN3S. The van der Waals surface area contributed by atoms with Crippen LogP contribution in [0.3, 0.4) is 0 Å². The predicted molar refractivity (Wildman–Crippen MR) is 96.3 cm³/mol. The van der Waals surface area contributed by atoms with E-state index in [1.807, 2.05) is 48.6 Å². The molecule has 0 spiro atoms. The van der Waals surface area contributed by atoms with Crippen LogP contribution in [-0.2, 0) is 5.88 Å². The van der Waals surface area contributed by atoms with Gasteiger partial charge in [0.25, 0.3) is 0 Å². The van der Waals surface area contributed by atoms with Crippen LogP contribution >= 0.6 is 23.4 Å². The van der Waals surface area contributed by atoms with Crippen molar-refractivity contribution >= 4 is 34.9 Å². The Morgan fingerprint density at radius 1 is 1.00 bits per heavy atom. The number of halogens is 1. The lowest BCUT2D eigenvalue weighted by Crippen LogP contribution is -2.13. The summed E-state index contributed by atoms with van der Waals surface area (Å²) in [5.41, 5.74) is 4.68. The summed E-state index contributed by atoms with van der Waals surface area (Å²) >= 11 is 7.77. The Kier molecular flexibility index (Phi) is 3.93. The van der Waals surface area contributed by atoms with Crippen LogP contribution in [0.4, 0.5) is 11.5 Å². The largest absolute Gasteiger partial charge is 0.315 e. The monoisotopic (exact) mass is 339 g/mol. The molecular weight excluding hydrogens is 326 g/mol. The van der Waals surface area contributed by atoms with Crippen molar-refractivity contribution in [2.75, 3.05) is 10.8 Å². The van der Waals surface area contributed by atoms with Crippen LogP contribution < -0.4 is 4.90 Å². The maximum Gasteiger partial charge on any atom is 0.134 e. The molecule has 3 nitrogen and oxygen atoms in total. The lowest BCUT2D eigenvalue weighted by molar-refractivity contribution is 1.09. The molecule has 4 rings (SSSR count). The Hall–Kier alpha value is -2.04. The first kappa shape index (κ1) is 14.5. The molecule has 0 unspecified atom stereocenters. The van der Waals surface area contributed by atoms with Gasteiger partial charge in [-0.2, -0.15) is 0 Å². The molecule has 0 atom stereocenters. The first-order valence-electron chi connectivity index (χ1n) is 7.31. The van der Waals surface area contributed by atoms with E-state index in [1.54, 1.807) is 0 Å². The Morgan fingerprint density at radius 2 is 1.87 bits per heavy atom. The first-order chi connectivity index (χ1) is 11.3. The van der Waals surface area contributed by atoms with Crippen LogP contribution in [0.5, 0.6) is 0 Å². The zero-order valence-electron chi connectivity index (χ0n) is 12.3.